The van der Waals surface area contributed by atoms with Gasteiger partial charge in [0.1, 0.15) is 4.99 Å². The molecule has 2 aromatic carbocycles. The second-order valence-electron chi connectivity index (χ2n) is 5.93. The number of nitrogens with zero attached hydrogens (tertiary/aromatic N) is 1. The zero-order chi connectivity index (χ0) is 18.7. The first-order chi connectivity index (χ1) is 12.5. The highest BCUT2D eigenvalue weighted by Gasteiger charge is 2.40. The summed E-state index contributed by atoms with van der Waals surface area (Å²) in [6.45, 7) is 1.77. The molecule has 0 spiro atoms. The highest BCUT2D eigenvalue weighted by Crippen LogP contribution is 2.40. The summed E-state index contributed by atoms with van der Waals surface area (Å²) in [5, 5.41) is 11.1. The van der Waals surface area contributed by atoms with Crippen molar-refractivity contribution < 1.29 is 4.79 Å². The number of para-hydroxylation sites is 1. The maximum atomic E-state index is 13.1. The van der Waals surface area contributed by atoms with Gasteiger partial charge in [-0.1, -0.05) is 60.2 Å². The van der Waals surface area contributed by atoms with Gasteiger partial charge in [0.2, 0.25) is 5.91 Å². The molecule has 1 amide bonds. The highest BCUT2D eigenvalue weighted by atomic mass is 35.5. The van der Waals surface area contributed by atoms with Crippen molar-refractivity contribution in [2.24, 2.45) is 10.9 Å². The van der Waals surface area contributed by atoms with Crippen molar-refractivity contribution in [2.45, 2.75) is 12.8 Å². The fourth-order valence-corrected chi connectivity index (χ4v) is 3.68. The van der Waals surface area contributed by atoms with Crippen LogP contribution in [-0.4, -0.2) is 22.5 Å². The lowest BCUT2D eigenvalue weighted by Gasteiger charge is -2.31. The molecule has 2 N–H and O–H groups in total. The lowest BCUT2D eigenvalue weighted by molar-refractivity contribution is -0.118. The highest BCUT2D eigenvalue weighted by molar-refractivity contribution is 7.80. The molecule has 26 heavy (non-hydrogen) atoms. The van der Waals surface area contributed by atoms with Gasteiger partial charge in [0.25, 0.3) is 0 Å². The van der Waals surface area contributed by atoms with E-state index < -0.39 is 11.8 Å². The molecule has 1 aliphatic heterocycles. The Morgan fingerprint density at radius 1 is 1.19 bits per heavy atom. The van der Waals surface area contributed by atoms with Crippen LogP contribution in [0, 0.1) is 11.3 Å². The second kappa shape index (κ2) is 7.75. The summed E-state index contributed by atoms with van der Waals surface area (Å²) in [6.07, 6.45) is 0. The summed E-state index contributed by atoms with van der Waals surface area (Å²) in [5.74, 6) is 1.02. The number of thiocarbonyl (C=S) groups is 1. The Kier molecular flexibility index (Phi) is 5.43. The molecule has 130 valence electrons. The zero-order valence-electron chi connectivity index (χ0n) is 14.0. The Hall–Kier alpha value is -2.59. The largest absolute Gasteiger partial charge is 0.325 e. The summed E-state index contributed by atoms with van der Waals surface area (Å²) in [7, 11) is 0. The predicted octanol–water partition coefficient (Wildman–Crippen LogP) is 4.66. The number of carbonyl (C=O) groups is 1. The van der Waals surface area contributed by atoms with Crippen molar-refractivity contribution in [1.82, 2.24) is 0 Å². The molecule has 6 heteroatoms. The average Bonchev–Trinajstić information content (AvgIpc) is 2.62. The van der Waals surface area contributed by atoms with Crippen molar-refractivity contribution in [2.75, 3.05) is 5.32 Å². The van der Waals surface area contributed by atoms with Gasteiger partial charge in [-0.05, 0) is 36.6 Å². The molecular weight excluding hydrogens is 366 g/mol. The molecule has 0 fully saturated rings. The predicted molar refractivity (Wildman–Crippen MR) is 110 cm³/mol. The Balaban J connectivity index is 2.08. The first-order valence-electron chi connectivity index (χ1n) is 8.02. The maximum Gasteiger partial charge on any atom is 0.234 e. The van der Waals surface area contributed by atoms with E-state index in [1.54, 1.807) is 13.0 Å². The lowest BCUT2D eigenvalue weighted by atomic mass is 9.76. The van der Waals surface area contributed by atoms with E-state index in [0.717, 1.165) is 5.56 Å². The molecule has 2 atom stereocenters. The molecule has 1 aliphatic rings. The van der Waals surface area contributed by atoms with E-state index in [4.69, 9.17) is 29.2 Å². The van der Waals surface area contributed by atoms with E-state index >= 15 is 0 Å². The van der Waals surface area contributed by atoms with E-state index in [1.807, 2.05) is 48.5 Å². The zero-order valence-corrected chi connectivity index (χ0v) is 15.6. The molecule has 4 nitrogen and oxygen atoms in total. The van der Waals surface area contributed by atoms with Crippen molar-refractivity contribution in [3.05, 3.63) is 70.8 Å². The number of benzene rings is 2. The molecule has 0 aliphatic carbocycles. The number of hydrogen-bond acceptors (Lipinski definition) is 3. The van der Waals surface area contributed by atoms with Crippen LogP contribution in [-0.2, 0) is 4.79 Å². The summed E-state index contributed by atoms with van der Waals surface area (Å²) in [4.78, 5) is 17.6. The molecule has 0 radical (unpaired) electrons. The van der Waals surface area contributed by atoms with Gasteiger partial charge in [0, 0.05) is 22.3 Å². The first-order valence-corrected chi connectivity index (χ1v) is 8.81. The monoisotopic (exact) mass is 381 g/mol. The third kappa shape index (κ3) is 3.51. The Morgan fingerprint density at radius 2 is 1.85 bits per heavy atom. The van der Waals surface area contributed by atoms with Crippen molar-refractivity contribution in [3.8, 4) is 0 Å². The van der Waals surface area contributed by atoms with E-state index in [2.05, 4.69) is 16.2 Å². The molecule has 1 unspecified atom stereocenters. The van der Waals surface area contributed by atoms with Gasteiger partial charge in [0.05, 0.1) is 11.5 Å². The van der Waals surface area contributed by atoms with Crippen LogP contribution >= 0.6 is 23.8 Å². The third-order valence-corrected chi connectivity index (χ3v) is 4.96. The van der Waals surface area contributed by atoms with Crippen molar-refractivity contribution >= 4 is 52.0 Å². The molecule has 0 aromatic heterocycles. The summed E-state index contributed by atoms with van der Waals surface area (Å²) in [5.41, 5.74) is 2.41. The standard InChI is InChI=1S/C20H16ClN3OS/c1-12-17(19(25)24-13-7-3-2-4-8-13)18(15(11-22)20(26)23-12)14-9-5-6-10-16(14)21/h2-10,17-18,22H,1H3,(H,24,25)/t17?,18-/m0/s1. The second-order valence-corrected chi connectivity index (χ2v) is 6.72. The molecule has 1 heterocycles. The van der Waals surface area contributed by atoms with Crippen molar-refractivity contribution in [3.63, 3.8) is 0 Å². The van der Waals surface area contributed by atoms with Crippen LogP contribution in [0.1, 0.15) is 18.4 Å². The molecule has 0 saturated carbocycles. The van der Waals surface area contributed by atoms with Crippen LogP contribution in [0.25, 0.3) is 0 Å². The van der Waals surface area contributed by atoms with Gasteiger partial charge in [-0.15, -0.1) is 0 Å². The van der Waals surface area contributed by atoms with E-state index in [9.17, 15) is 4.79 Å². The summed E-state index contributed by atoms with van der Waals surface area (Å²) in [6, 6.07) is 16.5. The minimum absolute atomic E-state index is 0.224. The molecule has 2 aromatic rings. The third-order valence-electron chi connectivity index (χ3n) is 4.30. The fraction of sp³-hybridized carbons (Fsp3) is 0.150. The number of rotatable bonds is 3. The Morgan fingerprint density at radius 3 is 2.50 bits per heavy atom. The normalized spacial score (nSPS) is 19.5. The van der Waals surface area contributed by atoms with Crippen LogP contribution in [0.4, 0.5) is 5.69 Å². The van der Waals surface area contributed by atoms with Crippen LogP contribution < -0.4 is 5.32 Å². The van der Waals surface area contributed by atoms with Crippen molar-refractivity contribution in [1.29, 1.82) is 5.41 Å². The van der Waals surface area contributed by atoms with Gasteiger partial charge in [-0.2, -0.15) is 0 Å². The fourth-order valence-electron chi connectivity index (χ4n) is 3.11. The quantitative estimate of drug-likeness (QED) is 0.461. The van der Waals surface area contributed by atoms with Crippen LogP contribution in [0.2, 0.25) is 5.02 Å². The molecule has 0 saturated heterocycles. The lowest BCUT2D eigenvalue weighted by Crippen LogP contribution is -2.39. The number of aliphatic imine (C=N–C) groups is 1. The Bertz CT molecular complexity index is 949. The maximum absolute atomic E-state index is 13.1. The number of nitrogens with one attached hydrogen (secondary N) is 2. The van der Waals surface area contributed by atoms with Crippen LogP contribution in [0.3, 0.4) is 0 Å². The van der Waals surface area contributed by atoms with E-state index in [0.29, 0.717) is 22.0 Å². The molecular formula is C20H16ClN3OS. The van der Waals surface area contributed by atoms with Gasteiger partial charge >= 0.3 is 0 Å². The topological polar surface area (TPSA) is 65.3 Å². The van der Waals surface area contributed by atoms with Gasteiger partial charge in [-0.25, -0.2) is 4.99 Å². The Labute approximate surface area is 162 Å². The number of hydrogen-bond donors (Lipinski definition) is 2. The van der Waals surface area contributed by atoms with Crippen LogP contribution in [0.5, 0.6) is 0 Å². The summed E-state index contributed by atoms with van der Waals surface area (Å²) < 4.78 is 0. The van der Waals surface area contributed by atoms with E-state index in [1.165, 1.54) is 0 Å². The summed E-state index contributed by atoms with van der Waals surface area (Å²) >= 11 is 11.7. The SMILES string of the molecule is CC1=NC(=S)C(=C=N)[C@H](c2ccccc2Cl)C1C(=O)Nc1ccccc1. The first kappa shape index (κ1) is 18.2. The van der Waals surface area contributed by atoms with Gasteiger partial charge in [0.15, 0.2) is 0 Å². The number of anilines is 1. The van der Waals surface area contributed by atoms with Crippen LogP contribution in [0.15, 0.2) is 65.2 Å². The number of halogens is 1. The minimum atomic E-state index is -0.630. The average molecular weight is 382 g/mol. The van der Waals surface area contributed by atoms with Gasteiger partial charge in [-0.3, -0.25) is 10.2 Å². The van der Waals surface area contributed by atoms with E-state index in [-0.39, 0.29) is 10.9 Å². The number of carbonyl (C=O) groups excluding carboxylic acids is 1. The number of amides is 1. The molecule has 0 bridgehead atoms. The molecule has 3 rings (SSSR count). The minimum Gasteiger partial charge on any atom is -0.325 e. The smallest absolute Gasteiger partial charge is 0.234 e. The van der Waals surface area contributed by atoms with Gasteiger partial charge < -0.3 is 5.32 Å².